The summed E-state index contributed by atoms with van der Waals surface area (Å²) in [5, 5.41) is 0. The van der Waals surface area contributed by atoms with Gasteiger partial charge in [0.15, 0.2) is 0 Å². The third kappa shape index (κ3) is 3.04. The Morgan fingerprint density at radius 3 is 2.58 bits per heavy atom. The Kier molecular flexibility index (Phi) is 4.39. The maximum atomic E-state index is 14.2. The fourth-order valence-corrected chi connectivity index (χ4v) is 5.02. The minimum Gasteiger partial charge on any atom is -0.207 e. The number of aryl methyl sites for hydroxylation is 1. The SMILES string of the molecule is Cc1ccc(F)c(C(C)(C)C2CCC(C)CC2Br)c1. The van der Waals surface area contributed by atoms with Crippen LogP contribution < -0.4 is 0 Å². The summed E-state index contributed by atoms with van der Waals surface area (Å²) in [6.07, 6.45) is 3.63. The summed E-state index contributed by atoms with van der Waals surface area (Å²) in [4.78, 5) is 0.492. The van der Waals surface area contributed by atoms with Gasteiger partial charge in [-0.1, -0.05) is 60.8 Å². The van der Waals surface area contributed by atoms with Gasteiger partial charge in [0.05, 0.1) is 0 Å². The van der Waals surface area contributed by atoms with Gasteiger partial charge in [0.2, 0.25) is 0 Å². The van der Waals surface area contributed by atoms with Gasteiger partial charge in [-0.3, -0.25) is 0 Å². The summed E-state index contributed by atoms with van der Waals surface area (Å²) >= 11 is 3.85. The summed E-state index contributed by atoms with van der Waals surface area (Å²) in [5.41, 5.74) is 1.89. The largest absolute Gasteiger partial charge is 0.207 e. The van der Waals surface area contributed by atoms with Crippen LogP contribution in [0.1, 0.15) is 51.2 Å². The zero-order valence-electron chi connectivity index (χ0n) is 12.3. The number of hydrogen-bond donors (Lipinski definition) is 0. The molecule has 2 rings (SSSR count). The molecule has 1 aromatic carbocycles. The second-order valence-corrected chi connectivity index (χ2v) is 7.92. The van der Waals surface area contributed by atoms with Crippen molar-refractivity contribution in [1.29, 1.82) is 0 Å². The molecule has 1 aromatic rings. The standard InChI is InChI=1S/C17H24BrF/c1-11-6-8-16(19)14(9-11)17(3,4)13-7-5-12(2)10-15(13)18/h6,8-9,12-13,15H,5,7,10H2,1-4H3. The summed E-state index contributed by atoms with van der Waals surface area (Å²) < 4.78 is 14.2. The molecule has 0 radical (unpaired) electrons. The molecule has 1 aliphatic rings. The van der Waals surface area contributed by atoms with Crippen LogP contribution in [0.15, 0.2) is 18.2 Å². The van der Waals surface area contributed by atoms with E-state index in [0.717, 1.165) is 17.0 Å². The molecule has 3 unspecified atom stereocenters. The molecule has 106 valence electrons. The van der Waals surface area contributed by atoms with Gasteiger partial charge >= 0.3 is 0 Å². The monoisotopic (exact) mass is 326 g/mol. The zero-order valence-corrected chi connectivity index (χ0v) is 13.9. The van der Waals surface area contributed by atoms with E-state index in [-0.39, 0.29) is 11.2 Å². The van der Waals surface area contributed by atoms with Crippen LogP contribution >= 0.6 is 15.9 Å². The van der Waals surface area contributed by atoms with Crippen LogP contribution in [-0.2, 0) is 5.41 Å². The molecular formula is C17H24BrF. The molecule has 1 fully saturated rings. The molecule has 19 heavy (non-hydrogen) atoms. The van der Waals surface area contributed by atoms with E-state index in [1.807, 2.05) is 19.1 Å². The van der Waals surface area contributed by atoms with E-state index in [2.05, 4.69) is 36.7 Å². The van der Waals surface area contributed by atoms with Gasteiger partial charge in [-0.25, -0.2) is 4.39 Å². The lowest BCUT2D eigenvalue weighted by Crippen LogP contribution is -2.39. The van der Waals surface area contributed by atoms with Crippen molar-refractivity contribution in [3.05, 3.63) is 35.1 Å². The van der Waals surface area contributed by atoms with E-state index < -0.39 is 0 Å². The molecule has 0 spiro atoms. The molecule has 0 heterocycles. The first-order chi connectivity index (χ1) is 8.82. The van der Waals surface area contributed by atoms with E-state index in [0.29, 0.717) is 10.7 Å². The minimum atomic E-state index is -0.121. The fourth-order valence-electron chi connectivity index (χ4n) is 3.46. The topological polar surface area (TPSA) is 0 Å². The Bertz CT molecular complexity index is 453. The first-order valence-corrected chi connectivity index (χ1v) is 8.14. The molecule has 2 heteroatoms. The first-order valence-electron chi connectivity index (χ1n) is 7.23. The number of hydrogen-bond acceptors (Lipinski definition) is 0. The molecule has 1 saturated carbocycles. The average molecular weight is 327 g/mol. The quantitative estimate of drug-likeness (QED) is 0.619. The minimum absolute atomic E-state index is 0.0612. The fraction of sp³-hybridized carbons (Fsp3) is 0.647. The van der Waals surface area contributed by atoms with Crippen LogP contribution in [0.4, 0.5) is 4.39 Å². The summed E-state index contributed by atoms with van der Waals surface area (Å²) in [5.74, 6) is 1.22. The van der Waals surface area contributed by atoms with Gasteiger partial charge in [-0.2, -0.15) is 0 Å². The second kappa shape index (κ2) is 5.55. The third-order valence-electron chi connectivity index (χ3n) is 4.78. The Morgan fingerprint density at radius 2 is 1.95 bits per heavy atom. The highest BCUT2D eigenvalue weighted by Crippen LogP contribution is 2.45. The Labute approximate surface area is 124 Å². The second-order valence-electron chi connectivity index (χ2n) is 6.75. The number of alkyl halides is 1. The molecule has 0 saturated heterocycles. The van der Waals surface area contributed by atoms with Crippen molar-refractivity contribution in [2.24, 2.45) is 11.8 Å². The van der Waals surface area contributed by atoms with Crippen LogP contribution in [0.25, 0.3) is 0 Å². The summed E-state index contributed by atoms with van der Waals surface area (Å²) in [6, 6.07) is 5.48. The first kappa shape index (κ1) is 15.0. The number of rotatable bonds is 2. The van der Waals surface area contributed by atoms with Gasteiger partial charge in [0.25, 0.3) is 0 Å². The van der Waals surface area contributed by atoms with E-state index in [1.165, 1.54) is 19.3 Å². The van der Waals surface area contributed by atoms with Crippen molar-refractivity contribution < 1.29 is 4.39 Å². The van der Waals surface area contributed by atoms with Crippen molar-refractivity contribution in [1.82, 2.24) is 0 Å². The third-order valence-corrected chi connectivity index (χ3v) is 5.79. The average Bonchev–Trinajstić information content (AvgIpc) is 2.31. The van der Waals surface area contributed by atoms with E-state index in [1.54, 1.807) is 6.07 Å². The molecule has 0 bridgehead atoms. The van der Waals surface area contributed by atoms with Crippen LogP contribution in [0, 0.1) is 24.6 Å². The smallest absolute Gasteiger partial charge is 0.126 e. The van der Waals surface area contributed by atoms with E-state index in [9.17, 15) is 4.39 Å². The van der Waals surface area contributed by atoms with Crippen LogP contribution in [0.3, 0.4) is 0 Å². The Balaban J connectivity index is 2.33. The lowest BCUT2D eigenvalue weighted by Gasteiger charge is -2.42. The summed E-state index contributed by atoms with van der Waals surface area (Å²) in [7, 11) is 0. The Morgan fingerprint density at radius 1 is 1.26 bits per heavy atom. The van der Waals surface area contributed by atoms with Crippen LogP contribution in [0.5, 0.6) is 0 Å². The number of benzene rings is 1. The van der Waals surface area contributed by atoms with Gasteiger partial charge in [-0.15, -0.1) is 0 Å². The highest BCUT2D eigenvalue weighted by Gasteiger charge is 2.40. The zero-order chi connectivity index (χ0) is 14.2. The van der Waals surface area contributed by atoms with E-state index in [4.69, 9.17) is 0 Å². The predicted molar refractivity (Wildman–Crippen MR) is 83.4 cm³/mol. The van der Waals surface area contributed by atoms with Crippen molar-refractivity contribution in [3.63, 3.8) is 0 Å². The highest BCUT2D eigenvalue weighted by atomic mass is 79.9. The molecule has 3 atom stereocenters. The lowest BCUT2D eigenvalue weighted by atomic mass is 9.65. The lowest BCUT2D eigenvalue weighted by molar-refractivity contribution is 0.210. The molecule has 1 aliphatic carbocycles. The van der Waals surface area contributed by atoms with E-state index >= 15 is 0 Å². The van der Waals surface area contributed by atoms with Gasteiger partial charge in [-0.05, 0) is 48.6 Å². The molecule has 0 nitrogen and oxygen atoms in total. The van der Waals surface area contributed by atoms with Gasteiger partial charge < -0.3 is 0 Å². The molecule has 0 aromatic heterocycles. The van der Waals surface area contributed by atoms with Crippen molar-refractivity contribution in [2.45, 2.75) is 57.2 Å². The van der Waals surface area contributed by atoms with Crippen molar-refractivity contribution in [3.8, 4) is 0 Å². The van der Waals surface area contributed by atoms with Gasteiger partial charge in [0.1, 0.15) is 5.82 Å². The highest BCUT2D eigenvalue weighted by molar-refractivity contribution is 9.09. The van der Waals surface area contributed by atoms with Crippen molar-refractivity contribution in [2.75, 3.05) is 0 Å². The molecule has 0 N–H and O–H groups in total. The molecular weight excluding hydrogens is 303 g/mol. The van der Waals surface area contributed by atoms with Gasteiger partial charge in [0, 0.05) is 4.83 Å². The number of halogens is 2. The van der Waals surface area contributed by atoms with Crippen molar-refractivity contribution >= 4 is 15.9 Å². The predicted octanol–water partition coefficient (Wildman–Crippen LogP) is 5.61. The molecule has 0 aliphatic heterocycles. The Hall–Kier alpha value is -0.370. The normalized spacial score (nSPS) is 28.4. The van der Waals surface area contributed by atoms with Crippen LogP contribution in [0.2, 0.25) is 0 Å². The molecule has 0 amide bonds. The summed E-state index contributed by atoms with van der Waals surface area (Å²) in [6.45, 7) is 8.73. The van der Waals surface area contributed by atoms with Crippen LogP contribution in [-0.4, -0.2) is 4.83 Å². The maximum absolute atomic E-state index is 14.2. The maximum Gasteiger partial charge on any atom is 0.126 e.